The van der Waals surface area contributed by atoms with E-state index in [1.165, 1.54) is 16.9 Å². The maximum Gasteiger partial charge on any atom is 0.261 e. The van der Waals surface area contributed by atoms with Crippen molar-refractivity contribution in [3.63, 3.8) is 0 Å². The smallest absolute Gasteiger partial charge is 0.261 e. The molecule has 18 heavy (non-hydrogen) atoms. The van der Waals surface area contributed by atoms with Gasteiger partial charge in [0, 0.05) is 16.8 Å². The van der Waals surface area contributed by atoms with E-state index in [9.17, 15) is 4.79 Å². The number of rotatable bonds is 5. The Morgan fingerprint density at radius 2 is 2.28 bits per heavy atom. The first-order chi connectivity index (χ1) is 8.61. The molecule has 0 saturated carbocycles. The van der Waals surface area contributed by atoms with E-state index in [1.54, 1.807) is 11.3 Å². The van der Waals surface area contributed by atoms with Gasteiger partial charge in [0.05, 0.1) is 4.88 Å². The Morgan fingerprint density at radius 3 is 2.89 bits per heavy atom. The van der Waals surface area contributed by atoms with Crippen LogP contribution in [0.5, 0.6) is 0 Å². The van der Waals surface area contributed by atoms with Crippen LogP contribution in [-0.2, 0) is 12.8 Å². The Bertz CT molecular complexity index is 406. The summed E-state index contributed by atoms with van der Waals surface area (Å²) in [5.74, 6) is 1.07. The van der Waals surface area contributed by atoms with Gasteiger partial charge in [0.25, 0.3) is 5.91 Å². The maximum absolute atomic E-state index is 12.2. The molecule has 0 saturated heterocycles. The highest BCUT2D eigenvalue weighted by molar-refractivity contribution is 7.14. The van der Waals surface area contributed by atoms with Crippen LogP contribution in [0.2, 0.25) is 0 Å². The van der Waals surface area contributed by atoms with Gasteiger partial charge in [-0.1, -0.05) is 13.8 Å². The first-order valence-corrected chi connectivity index (χ1v) is 7.95. The van der Waals surface area contributed by atoms with E-state index >= 15 is 0 Å². The highest BCUT2D eigenvalue weighted by Gasteiger charge is 2.21. The van der Waals surface area contributed by atoms with Crippen LogP contribution in [-0.4, -0.2) is 17.8 Å². The fraction of sp³-hybridized carbons (Fsp3) is 0.643. The third kappa shape index (κ3) is 3.07. The monoisotopic (exact) mass is 285 g/mol. The van der Waals surface area contributed by atoms with Crippen LogP contribution in [0, 0.1) is 5.92 Å². The molecule has 0 spiro atoms. The number of hydrogen-bond acceptors (Lipinski definition) is 2. The average molecular weight is 286 g/mol. The van der Waals surface area contributed by atoms with Gasteiger partial charge in [-0.2, -0.15) is 0 Å². The van der Waals surface area contributed by atoms with Crippen molar-refractivity contribution in [1.82, 2.24) is 5.32 Å². The van der Waals surface area contributed by atoms with Crippen LogP contribution in [0.15, 0.2) is 6.07 Å². The van der Waals surface area contributed by atoms with Gasteiger partial charge in [0.2, 0.25) is 0 Å². The minimum Gasteiger partial charge on any atom is -0.348 e. The second-order valence-electron chi connectivity index (χ2n) is 5.21. The van der Waals surface area contributed by atoms with E-state index in [2.05, 4.69) is 25.2 Å². The standard InChI is InChI=1S/C14H20ClNOS/c1-9(2)11(6-7-15)16-14(17)13-8-10-4-3-5-12(10)18-13/h8-9,11H,3-7H2,1-2H3,(H,16,17). The molecule has 1 aliphatic rings. The lowest BCUT2D eigenvalue weighted by Crippen LogP contribution is -2.38. The summed E-state index contributed by atoms with van der Waals surface area (Å²) in [6, 6.07) is 2.24. The largest absolute Gasteiger partial charge is 0.348 e. The molecule has 1 heterocycles. The van der Waals surface area contributed by atoms with E-state index in [4.69, 9.17) is 11.6 Å². The molecular formula is C14H20ClNOS. The zero-order valence-corrected chi connectivity index (χ0v) is 12.5. The second-order valence-corrected chi connectivity index (χ2v) is 6.73. The van der Waals surface area contributed by atoms with E-state index in [0.717, 1.165) is 24.1 Å². The molecule has 1 N–H and O–H groups in total. The Labute approximate surface area is 118 Å². The Balaban J connectivity index is 2.01. The van der Waals surface area contributed by atoms with Crippen LogP contribution in [0.3, 0.4) is 0 Å². The minimum absolute atomic E-state index is 0.0678. The van der Waals surface area contributed by atoms with Gasteiger partial charge in [0.1, 0.15) is 0 Å². The van der Waals surface area contributed by atoms with E-state index in [1.807, 2.05) is 0 Å². The second kappa shape index (κ2) is 6.07. The van der Waals surface area contributed by atoms with Crippen LogP contribution in [0.25, 0.3) is 0 Å². The third-order valence-electron chi connectivity index (χ3n) is 3.51. The van der Waals surface area contributed by atoms with Crippen molar-refractivity contribution in [2.45, 2.75) is 45.6 Å². The molecule has 4 heteroatoms. The topological polar surface area (TPSA) is 29.1 Å². The van der Waals surface area contributed by atoms with Gasteiger partial charge in [-0.3, -0.25) is 4.79 Å². The fourth-order valence-electron chi connectivity index (χ4n) is 2.37. The molecule has 1 unspecified atom stereocenters. The number of hydrogen-bond donors (Lipinski definition) is 1. The van der Waals surface area contributed by atoms with E-state index in [0.29, 0.717) is 11.8 Å². The SMILES string of the molecule is CC(C)C(CCCl)NC(=O)c1cc2c(s1)CCC2. The lowest BCUT2D eigenvalue weighted by Gasteiger charge is -2.21. The molecule has 1 atom stereocenters. The number of nitrogens with one attached hydrogen (secondary N) is 1. The summed E-state index contributed by atoms with van der Waals surface area (Å²) in [5, 5.41) is 3.11. The molecule has 0 fully saturated rings. The molecule has 0 aromatic carbocycles. The Kier molecular flexibility index (Phi) is 4.68. The van der Waals surface area contributed by atoms with Gasteiger partial charge in [-0.05, 0) is 43.2 Å². The lowest BCUT2D eigenvalue weighted by atomic mass is 10.0. The predicted molar refractivity (Wildman–Crippen MR) is 77.8 cm³/mol. The first-order valence-electron chi connectivity index (χ1n) is 6.60. The number of carbonyl (C=O) groups is 1. The van der Waals surface area contributed by atoms with Gasteiger partial charge < -0.3 is 5.32 Å². The summed E-state index contributed by atoms with van der Waals surface area (Å²) in [4.78, 5) is 14.5. The number of alkyl halides is 1. The quantitative estimate of drug-likeness (QED) is 0.823. The lowest BCUT2D eigenvalue weighted by molar-refractivity contribution is 0.0929. The molecule has 100 valence electrons. The molecule has 1 aliphatic carbocycles. The normalized spacial score (nSPS) is 15.8. The van der Waals surface area contributed by atoms with Crippen LogP contribution >= 0.6 is 22.9 Å². The number of halogens is 1. The molecule has 1 aromatic heterocycles. The first kappa shape index (κ1) is 13.9. The molecule has 0 aliphatic heterocycles. The summed E-state index contributed by atoms with van der Waals surface area (Å²) >= 11 is 7.44. The summed E-state index contributed by atoms with van der Waals surface area (Å²) < 4.78 is 0. The summed E-state index contributed by atoms with van der Waals surface area (Å²) in [7, 11) is 0. The van der Waals surface area contributed by atoms with Crippen molar-refractivity contribution in [2.75, 3.05) is 5.88 Å². The Morgan fingerprint density at radius 1 is 1.50 bits per heavy atom. The third-order valence-corrected chi connectivity index (χ3v) is 4.97. The molecule has 0 bridgehead atoms. The van der Waals surface area contributed by atoms with Crippen molar-refractivity contribution in [3.8, 4) is 0 Å². The molecule has 0 radical (unpaired) electrons. The Hall–Kier alpha value is -0.540. The molecule has 2 nitrogen and oxygen atoms in total. The van der Waals surface area contributed by atoms with Crippen LogP contribution < -0.4 is 5.32 Å². The fourth-order valence-corrected chi connectivity index (χ4v) is 3.76. The van der Waals surface area contributed by atoms with Crippen molar-refractivity contribution < 1.29 is 4.79 Å². The summed E-state index contributed by atoms with van der Waals surface area (Å²) in [6.45, 7) is 4.23. The number of aryl methyl sites for hydroxylation is 2. The predicted octanol–water partition coefficient (Wildman–Crippen LogP) is 3.62. The number of fused-ring (bicyclic) bond motifs is 1. The van der Waals surface area contributed by atoms with Gasteiger partial charge in [0.15, 0.2) is 0 Å². The van der Waals surface area contributed by atoms with Crippen molar-refractivity contribution in [3.05, 3.63) is 21.4 Å². The van der Waals surface area contributed by atoms with Crippen molar-refractivity contribution in [2.24, 2.45) is 5.92 Å². The highest BCUT2D eigenvalue weighted by atomic mass is 35.5. The summed E-state index contributed by atoms with van der Waals surface area (Å²) in [5.41, 5.74) is 1.38. The molecule has 2 rings (SSSR count). The molecule has 1 amide bonds. The van der Waals surface area contributed by atoms with E-state index in [-0.39, 0.29) is 11.9 Å². The van der Waals surface area contributed by atoms with E-state index < -0.39 is 0 Å². The molecular weight excluding hydrogens is 266 g/mol. The zero-order chi connectivity index (χ0) is 13.1. The van der Waals surface area contributed by atoms with Crippen LogP contribution in [0.1, 0.15) is 46.8 Å². The number of carbonyl (C=O) groups excluding carboxylic acids is 1. The molecule has 1 aromatic rings. The number of thiophene rings is 1. The van der Waals surface area contributed by atoms with Gasteiger partial charge in [-0.15, -0.1) is 22.9 Å². The average Bonchev–Trinajstić information content (AvgIpc) is 2.87. The highest BCUT2D eigenvalue weighted by Crippen LogP contribution is 2.30. The van der Waals surface area contributed by atoms with Gasteiger partial charge >= 0.3 is 0 Å². The summed E-state index contributed by atoms with van der Waals surface area (Å²) in [6.07, 6.45) is 4.34. The zero-order valence-electron chi connectivity index (χ0n) is 11.0. The van der Waals surface area contributed by atoms with Crippen molar-refractivity contribution in [1.29, 1.82) is 0 Å². The number of amides is 1. The maximum atomic E-state index is 12.2. The van der Waals surface area contributed by atoms with Gasteiger partial charge in [-0.25, -0.2) is 0 Å². The van der Waals surface area contributed by atoms with Crippen molar-refractivity contribution >= 4 is 28.8 Å². The van der Waals surface area contributed by atoms with Crippen LogP contribution in [0.4, 0.5) is 0 Å². The minimum atomic E-state index is 0.0678.